The zero-order valence-corrected chi connectivity index (χ0v) is 14.2. The molecule has 1 fully saturated rings. The summed E-state index contributed by atoms with van der Waals surface area (Å²) >= 11 is 1.69. The van der Waals surface area contributed by atoms with Gasteiger partial charge in [-0.3, -0.25) is 9.30 Å². The molecular formula is C15H25N5S. The maximum Gasteiger partial charge on any atom is 0.195 e. The van der Waals surface area contributed by atoms with Gasteiger partial charge in [-0.25, -0.2) is 4.98 Å². The number of nitrogens with two attached hydrogens (primary N) is 1. The Morgan fingerprint density at radius 3 is 2.86 bits per heavy atom. The van der Waals surface area contributed by atoms with Crippen molar-refractivity contribution < 1.29 is 0 Å². The molecule has 1 atom stereocenters. The number of piperazine rings is 1. The van der Waals surface area contributed by atoms with Crippen LogP contribution in [0.25, 0.3) is 4.96 Å². The highest BCUT2D eigenvalue weighted by Gasteiger charge is 2.33. The number of anilines is 1. The predicted molar refractivity (Wildman–Crippen MR) is 89.3 cm³/mol. The van der Waals surface area contributed by atoms with Crippen LogP contribution in [0.15, 0.2) is 11.6 Å². The highest BCUT2D eigenvalue weighted by Crippen LogP contribution is 2.29. The number of fused-ring (bicyclic) bond motifs is 1. The van der Waals surface area contributed by atoms with E-state index in [1.54, 1.807) is 11.3 Å². The maximum absolute atomic E-state index is 6.05. The summed E-state index contributed by atoms with van der Waals surface area (Å²) in [5, 5.41) is 2.09. The van der Waals surface area contributed by atoms with Gasteiger partial charge >= 0.3 is 0 Å². The van der Waals surface area contributed by atoms with E-state index in [0.29, 0.717) is 0 Å². The number of hydrogen-bond donors (Lipinski definition) is 1. The molecule has 1 aliphatic rings. The lowest BCUT2D eigenvalue weighted by Crippen LogP contribution is -2.58. The molecule has 2 N–H and O–H groups in total. The number of aromatic nitrogens is 2. The summed E-state index contributed by atoms with van der Waals surface area (Å²) in [6.07, 6.45) is 2.97. The lowest BCUT2D eigenvalue weighted by Gasteiger charge is -2.45. The molecule has 0 aromatic carbocycles. The average Bonchev–Trinajstić information content (AvgIpc) is 2.95. The van der Waals surface area contributed by atoms with E-state index in [0.717, 1.165) is 36.8 Å². The van der Waals surface area contributed by atoms with Crippen molar-refractivity contribution in [2.24, 2.45) is 5.73 Å². The monoisotopic (exact) mass is 307 g/mol. The Kier molecular flexibility index (Phi) is 3.71. The van der Waals surface area contributed by atoms with Crippen LogP contribution in [0.4, 0.5) is 5.82 Å². The minimum atomic E-state index is 0.143. The van der Waals surface area contributed by atoms with Gasteiger partial charge in [0.2, 0.25) is 0 Å². The molecule has 21 heavy (non-hydrogen) atoms. The molecule has 2 aromatic heterocycles. The summed E-state index contributed by atoms with van der Waals surface area (Å²) in [5.74, 6) is 1.13. The summed E-state index contributed by atoms with van der Waals surface area (Å²) in [6.45, 7) is 9.74. The van der Waals surface area contributed by atoms with Gasteiger partial charge in [0.05, 0.1) is 5.69 Å². The van der Waals surface area contributed by atoms with Gasteiger partial charge in [0.25, 0.3) is 0 Å². The van der Waals surface area contributed by atoms with Gasteiger partial charge in [0.1, 0.15) is 0 Å². The summed E-state index contributed by atoms with van der Waals surface area (Å²) in [7, 11) is 2.20. The van der Waals surface area contributed by atoms with Crippen LogP contribution in [-0.2, 0) is 6.42 Å². The molecule has 0 aliphatic carbocycles. The van der Waals surface area contributed by atoms with E-state index >= 15 is 0 Å². The van der Waals surface area contributed by atoms with Gasteiger partial charge in [-0.1, -0.05) is 0 Å². The van der Waals surface area contributed by atoms with Gasteiger partial charge in [-0.2, -0.15) is 0 Å². The molecule has 3 heterocycles. The van der Waals surface area contributed by atoms with E-state index in [9.17, 15) is 0 Å². The third-order valence-electron chi connectivity index (χ3n) is 4.47. The molecule has 0 amide bonds. The molecule has 5 nitrogen and oxygen atoms in total. The molecule has 1 saturated heterocycles. The summed E-state index contributed by atoms with van der Waals surface area (Å²) in [4.78, 5) is 10.8. The van der Waals surface area contributed by atoms with E-state index in [-0.39, 0.29) is 11.6 Å². The quantitative estimate of drug-likeness (QED) is 0.940. The van der Waals surface area contributed by atoms with Crippen LogP contribution in [0.1, 0.15) is 26.5 Å². The average molecular weight is 307 g/mol. The molecule has 0 bridgehead atoms. The standard InChI is InChI=1S/C15H25N5S/c1-11(16)9-12-13(17-14-20(12)7-8-21-14)19-6-5-18(4)15(2,3)10-19/h7-8,11H,5-6,9-10,16H2,1-4H3. The minimum Gasteiger partial charge on any atom is -0.352 e. The molecular weight excluding hydrogens is 282 g/mol. The molecule has 2 aromatic rings. The normalized spacial score (nSPS) is 21.1. The fourth-order valence-corrected chi connectivity index (χ4v) is 3.72. The molecule has 1 aliphatic heterocycles. The van der Waals surface area contributed by atoms with Crippen LogP contribution in [-0.4, -0.2) is 52.5 Å². The molecule has 6 heteroatoms. The molecule has 0 radical (unpaired) electrons. The second-order valence-electron chi connectivity index (χ2n) is 6.77. The van der Waals surface area contributed by atoms with E-state index in [1.165, 1.54) is 5.69 Å². The first kappa shape index (κ1) is 14.8. The Balaban J connectivity index is 1.98. The van der Waals surface area contributed by atoms with Crippen molar-refractivity contribution in [2.45, 2.75) is 38.8 Å². The molecule has 0 spiro atoms. The van der Waals surface area contributed by atoms with Crippen LogP contribution in [0.5, 0.6) is 0 Å². The van der Waals surface area contributed by atoms with Gasteiger partial charge in [-0.15, -0.1) is 11.3 Å². The fourth-order valence-electron chi connectivity index (χ4n) is 2.99. The second-order valence-corrected chi connectivity index (χ2v) is 7.65. The van der Waals surface area contributed by atoms with Crippen LogP contribution in [0.2, 0.25) is 0 Å². The first-order valence-corrected chi connectivity index (χ1v) is 8.42. The summed E-state index contributed by atoms with van der Waals surface area (Å²) < 4.78 is 2.20. The number of rotatable bonds is 3. The smallest absolute Gasteiger partial charge is 0.195 e. The van der Waals surface area contributed by atoms with Crippen molar-refractivity contribution in [3.63, 3.8) is 0 Å². The number of likely N-dealkylation sites (N-methyl/N-ethyl adjacent to an activating group) is 1. The van der Waals surface area contributed by atoms with E-state index in [2.05, 4.69) is 53.6 Å². The number of nitrogens with zero attached hydrogens (tertiary/aromatic N) is 4. The second kappa shape index (κ2) is 5.26. The van der Waals surface area contributed by atoms with Gasteiger partial charge in [0.15, 0.2) is 10.8 Å². The van der Waals surface area contributed by atoms with Crippen LogP contribution >= 0.6 is 11.3 Å². The summed E-state index contributed by atoms with van der Waals surface area (Å²) in [6, 6.07) is 0.143. The first-order chi connectivity index (χ1) is 9.88. The highest BCUT2D eigenvalue weighted by atomic mass is 32.1. The van der Waals surface area contributed by atoms with E-state index < -0.39 is 0 Å². The Morgan fingerprint density at radius 1 is 1.43 bits per heavy atom. The lowest BCUT2D eigenvalue weighted by molar-refractivity contribution is 0.138. The minimum absolute atomic E-state index is 0.143. The van der Waals surface area contributed by atoms with Gasteiger partial charge in [0, 0.05) is 49.2 Å². The van der Waals surface area contributed by atoms with Crippen LogP contribution < -0.4 is 10.6 Å². The third-order valence-corrected chi connectivity index (χ3v) is 5.23. The molecule has 1 unspecified atom stereocenters. The first-order valence-electron chi connectivity index (χ1n) is 7.54. The Hall–Kier alpha value is -1.11. The largest absolute Gasteiger partial charge is 0.352 e. The van der Waals surface area contributed by atoms with Crippen molar-refractivity contribution in [3.8, 4) is 0 Å². The third kappa shape index (κ3) is 2.67. The van der Waals surface area contributed by atoms with Crippen molar-refractivity contribution in [3.05, 3.63) is 17.3 Å². The molecule has 3 rings (SSSR count). The van der Waals surface area contributed by atoms with Crippen molar-refractivity contribution in [2.75, 3.05) is 31.6 Å². The van der Waals surface area contributed by atoms with Crippen LogP contribution in [0.3, 0.4) is 0 Å². The number of hydrogen-bond acceptors (Lipinski definition) is 5. The van der Waals surface area contributed by atoms with Crippen molar-refractivity contribution in [1.29, 1.82) is 0 Å². The maximum atomic E-state index is 6.05. The van der Waals surface area contributed by atoms with Gasteiger partial charge < -0.3 is 10.6 Å². The van der Waals surface area contributed by atoms with Crippen LogP contribution in [0, 0.1) is 0 Å². The number of thiazole rings is 1. The zero-order valence-electron chi connectivity index (χ0n) is 13.3. The number of imidazole rings is 1. The Labute approximate surface area is 130 Å². The van der Waals surface area contributed by atoms with Gasteiger partial charge in [-0.05, 0) is 27.8 Å². The topological polar surface area (TPSA) is 49.8 Å². The highest BCUT2D eigenvalue weighted by molar-refractivity contribution is 7.15. The molecule has 0 saturated carbocycles. The Morgan fingerprint density at radius 2 is 2.19 bits per heavy atom. The van der Waals surface area contributed by atoms with Crippen molar-refractivity contribution in [1.82, 2.24) is 14.3 Å². The predicted octanol–water partition coefficient (Wildman–Crippen LogP) is 1.82. The molecule has 116 valence electrons. The SMILES string of the molecule is CC(N)Cc1c(N2CCN(C)C(C)(C)C2)nc2sccn12. The fraction of sp³-hybridized carbons (Fsp3) is 0.667. The Bertz CT molecular complexity index is 627. The van der Waals surface area contributed by atoms with E-state index in [4.69, 9.17) is 10.7 Å². The zero-order chi connectivity index (χ0) is 15.2. The summed E-state index contributed by atoms with van der Waals surface area (Å²) in [5.41, 5.74) is 7.47. The van der Waals surface area contributed by atoms with Crippen molar-refractivity contribution >= 4 is 22.1 Å². The van der Waals surface area contributed by atoms with E-state index in [1.807, 2.05) is 0 Å². The lowest BCUT2D eigenvalue weighted by atomic mass is 9.99.